The smallest absolute Gasteiger partial charge is 0.238 e. The van der Waals surface area contributed by atoms with Crippen LogP contribution >= 0.6 is 11.6 Å². The summed E-state index contributed by atoms with van der Waals surface area (Å²) in [5.74, 6) is -0.419. The molecule has 0 radical (unpaired) electrons. The van der Waals surface area contributed by atoms with E-state index in [1.807, 2.05) is 0 Å². The van der Waals surface area contributed by atoms with E-state index in [4.69, 9.17) is 11.6 Å². The highest BCUT2D eigenvalue weighted by atomic mass is 35.5. The highest BCUT2D eigenvalue weighted by molar-refractivity contribution is 6.31. The van der Waals surface area contributed by atoms with Crippen molar-refractivity contribution in [3.8, 4) is 0 Å². The van der Waals surface area contributed by atoms with E-state index < -0.39 is 0 Å². The number of rotatable bonds is 4. The van der Waals surface area contributed by atoms with Crippen molar-refractivity contribution in [3.05, 3.63) is 23.2 Å². The van der Waals surface area contributed by atoms with Gasteiger partial charge in [-0.1, -0.05) is 11.6 Å². The minimum Gasteiger partial charge on any atom is -0.324 e. The van der Waals surface area contributed by atoms with Gasteiger partial charge in [-0.25, -0.2) is 0 Å². The zero-order valence-corrected chi connectivity index (χ0v) is 10.4. The normalized spacial score (nSPS) is 9.82. The molecule has 0 spiro atoms. The van der Waals surface area contributed by atoms with Gasteiger partial charge in [0.2, 0.25) is 11.8 Å². The summed E-state index contributed by atoms with van der Waals surface area (Å²) < 4.78 is 0. The van der Waals surface area contributed by atoms with Gasteiger partial charge in [-0.3, -0.25) is 9.59 Å². The topological polar surface area (TPSA) is 70.2 Å². The van der Waals surface area contributed by atoms with Gasteiger partial charge in [0, 0.05) is 11.9 Å². The molecule has 5 nitrogen and oxygen atoms in total. The molecule has 0 atom stereocenters. The summed E-state index contributed by atoms with van der Waals surface area (Å²) in [7, 11) is 1.68. The third-order valence-electron chi connectivity index (χ3n) is 1.90. The Bertz CT molecular complexity index is 435. The monoisotopic (exact) mass is 255 g/mol. The summed E-state index contributed by atoms with van der Waals surface area (Å²) in [6.07, 6.45) is 0. The first-order valence-corrected chi connectivity index (χ1v) is 5.42. The Morgan fingerprint density at radius 2 is 1.94 bits per heavy atom. The van der Waals surface area contributed by atoms with Crippen molar-refractivity contribution in [1.29, 1.82) is 0 Å². The Balaban J connectivity index is 2.89. The number of carbonyl (C=O) groups is 2. The van der Waals surface area contributed by atoms with E-state index in [0.29, 0.717) is 16.4 Å². The van der Waals surface area contributed by atoms with E-state index in [-0.39, 0.29) is 18.4 Å². The van der Waals surface area contributed by atoms with Crippen molar-refractivity contribution >= 4 is 34.8 Å². The number of nitrogens with one attached hydrogen (secondary N) is 3. The van der Waals surface area contributed by atoms with Gasteiger partial charge in [0.1, 0.15) is 0 Å². The molecule has 0 saturated carbocycles. The lowest BCUT2D eigenvalue weighted by molar-refractivity contribution is -0.115. The average Bonchev–Trinajstić information content (AvgIpc) is 2.21. The molecular formula is C11H14ClN3O2. The second kappa shape index (κ2) is 6.22. The maximum atomic E-state index is 11.4. The van der Waals surface area contributed by atoms with E-state index in [1.54, 1.807) is 25.2 Å². The lowest BCUT2D eigenvalue weighted by Gasteiger charge is -2.11. The minimum atomic E-state index is -0.226. The fraction of sp³-hybridized carbons (Fsp3) is 0.273. The number of amides is 2. The van der Waals surface area contributed by atoms with Gasteiger partial charge < -0.3 is 16.0 Å². The molecule has 0 aliphatic carbocycles. The van der Waals surface area contributed by atoms with Crippen LogP contribution in [0.5, 0.6) is 0 Å². The van der Waals surface area contributed by atoms with Crippen molar-refractivity contribution < 1.29 is 9.59 Å². The molecule has 0 aliphatic heterocycles. The quantitative estimate of drug-likeness (QED) is 0.763. The van der Waals surface area contributed by atoms with Crippen molar-refractivity contribution in [2.24, 2.45) is 0 Å². The molecule has 0 heterocycles. The van der Waals surface area contributed by atoms with E-state index in [1.165, 1.54) is 6.92 Å². The first-order valence-electron chi connectivity index (χ1n) is 5.04. The summed E-state index contributed by atoms with van der Waals surface area (Å²) in [6.45, 7) is 1.59. The summed E-state index contributed by atoms with van der Waals surface area (Å²) in [5.41, 5.74) is 0.999. The molecule has 3 N–H and O–H groups in total. The van der Waals surface area contributed by atoms with Gasteiger partial charge in [-0.15, -0.1) is 0 Å². The molecule has 92 valence electrons. The average molecular weight is 256 g/mol. The zero-order valence-electron chi connectivity index (χ0n) is 9.63. The predicted molar refractivity (Wildman–Crippen MR) is 68.3 cm³/mol. The second-order valence-corrected chi connectivity index (χ2v) is 3.89. The lowest BCUT2D eigenvalue weighted by Crippen LogP contribution is -2.25. The van der Waals surface area contributed by atoms with Crippen LogP contribution < -0.4 is 16.0 Å². The Labute approximate surface area is 105 Å². The third-order valence-corrected chi connectivity index (χ3v) is 2.14. The minimum absolute atomic E-state index is 0.193. The molecule has 6 heteroatoms. The van der Waals surface area contributed by atoms with Crippen LogP contribution in [-0.2, 0) is 9.59 Å². The summed E-state index contributed by atoms with van der Waals surface area (Å²) in [6, 6.07) is 4.86. The Kier molecular flexibility index (Phi) is 4.93. The number of benzene rings is 1. The van der Waals surface area contributed by atoms with Crippen molar-refractivity contribution in [2.75, 3.05) is 24.2 Å². The van der Waals surface area contributed by atoms with Crippen molar-refractivity contribution in [1.82, 2.24) is 5.32 Å². The predicted octanol–water partition coefficient (Wildman–Crippen LogP) is 1.46. The van der Waals surface area contributed by atoms with Gasteiger partial charge in [0.05, 0.1) is 17.9 Å². The molecule has 0 fully saturated rings. The number of hydrogen-bond acceptors (Lipinski definition) is 3. The fourth-order valence-electron chi connectivity index (χ4n) is 1.27. The van der Waals surface area contributed by atoms with Gasteiger partial charge in [0.15, 0.2) is 0 Å². The number of anilines is 2. The first kappa shape index (κ1) is 13.5. The summed E-state index contributed by atoms with van der Waals surface area (Å²) >= 11 is 5.82. The van der Waals surface area contributed by atoms with Crippen molar-refractivity contribution in [3.63, 3.8) is 0 Å². The molecule has 0 unspecified atom stereocenters. The van der Waals surface area contributed by atoms with Crippen LogP contribution in [0.25, 0.3) is 0 Å². The standard InChI is InChI=1S/C11H14ClN3O2/c1-7(16)14-10-5-8(12)3-4-9(10)15-11(17)6-13-2/h3-5,13H,6H2,1-2H3,(H,14,16)(H,15,17). The molecule has 0 saturated heterocycles. The first-order chi connectivity index (χ1) is 8.02. The van der Waals surface area contributed by atoms with Crippen LogP contribution in [0.15, 0.2) is 18.2 Å². The van der Waals surface area contributed by atoms with Crippen LogP contribution in [0, 0.1) is 0 Å². The van der Waals surface area contributed by atoms with Crippen LogP contribution in [0.2, 0.25) is 5.02 Å². The molecule has 1 aromatic carbocycles. The Morgan fingerprint density at radius 1 is 1.24 bits per heavy atom. The second-order valence-electron chi connectivity index (χ2n) is 3.45. The van der Waals surface area contributed by atoms with E-state index in [2.05, 4.69) is 16.0 Å². The van der Waals surface area contributed by atoms with Gasteiger partial charge >= 0.3 is 0 Å². The maximum absolute atomic E-state index is 11.4. The van der Waals surface area contributed by atoms with Crippen LogP contribution in [0.3, 0.4) is 0 Å². The van der Waals surface area contributed by atoms with Crippen LogP contribution in [-0.4, -0.2) is 25.4 Å². The highest BCUT2D eigenvalue weighted by Crippen LogP contribution is 2.25. The van der Waals surface area contributed by atoms with Gasteiger partial charge in [0.25, 0.3) is 0 Å². The molecule has 2 amide bonds. The number of carbonyl (C=O) groups excluding carboxylic acids is 2. The van der Waals surface area contributed by atoms with Crippen molar-refractivity contribution in [2.45, 2.75) is 6.92 Å². The zero-order chi connectivity index (χ0) is 12.8. The Hall–Kier alpha value is -1.59. The van der Waals surface area contributed by atoms with E-state index in [0.717, 1.165) is 0 Å². The van der Waals surface area contributed by atoms with Crippen LogP contribution in [0.4, 0.5) is 11.4 Å². The molecule has 17 heavy (non-hydrogen) atoms. The fourth-order valence-corrected chi connectivity index (χ4v) is 1.45. The number of halogens is 1. The van der Waals surface area contributed by atoms with Crippen LogP contribution in [0.1, 0.15) is 6.92 Å². The molecule has 1 aromatic rings. The molecule has 0 aliphatic rings. The number of likely N-dealkylation sites (N-methyl/N-ethyl adjacent to an activating group) is 1. The lowest BCUT2D eigenvalue weighted by atomic mass is 10.2. The van der Waals surface area contributed by atoms with Gasteiger partial charge in [-0.2, -0.15) is 0 Å². The van der Waals surface area contributed by atoms with E-state index in [9.17, 15) is 9.59 Å². The highest BCUT2D eigenvalue weighted by Gasteiger charge is 2.08. The Morgan fingerprint density at radius 3 is 2.53 bits per heavy atom. The maximum Gasteiger partial charge on any atom is 0.238 e. The summed E-state index contributed by atoms with van der Waals surface area (Å²) in [5, 5.41) is 8.49. The molecular weight excluding hydrogens is 242 g/mol. The molecule has 0 aromatic heterocycles. The molecule has 1 rings (SSSR count). The molecule has 0 bridgehead atoms. The largest absolute Gasteiger partial charge is 0.324 e. The number of hydrogen-bond donors (Lipinski definition) is 3. The third kappa shape index (κ3) is 4.42. The van der Waals surface area contributed by atoms with E-state index >= 15 is 0 Å². The summed E-state index contributed by atoms with van der Waals surface area (Å²) in [4.78, 5) is 22.4. The SMILES string of the molecule is CNCC(=O)Nc1ccc(Cl)cc1NC(C)=O. The van der Waals surface area contributed by atoms with Gasteiger partial charge in [-0.05, 0) is 25.2 Å².